The number of morpholine rings is 1. The lowest BCUT2D eigenvalue weighted by molar-refractivity contribution is -0.00833. The molecule has 0 radical (unpaired) electrons. The summed E-state index contributed by atoms with van der Waals surface area (Å²) in [7, 11) is 0.260. The number of guanidine groups is 1. The fourth-order valence-corrected chi connectivity index (χ4v) is 3.52. The van der Waals surface area contributed by atoms with Crippen molar-refractivity contribution in [3.8, 4) is 0 Å². The average molecular weight is 378 g/mol. The third kappa shape index (κ3) is 7.47. The summed E-state index contributed by atoms with van der Waals surface area (Å²) in [6, 6.07) is 0. The van der Waals surface area contributed by atoms with E-state index in [0.717, 1.165) is 45.2 Å². The largest absolute Gasteiger partial charge is 0.379 e. The van der Waals surface area contributed by atoms with Gasteiger partial charge in [0.1, 0.15) is 0 Å². The third-order valence-electron chi connectivity index (χ3n) is 4.56. The summed E-state index contributed by atoms with van der Waals surface area (Å²) >= 11 is 0. The molecule has 1 aliphatic rings. The molecule has 0 bridgehead atoms. The Balaban J connectivity index is 2.32. The minimum atomic E-state index is -3.10. The Morgan fingerprint density at radius 3 is 2.48 bits per heavy atom. The van der Waals surface area contributed by atoms with Crippen LogP contribution in [-0.4, -0.2) is 94.9 Å². The third-order valence-corrected chi connectivity index (χ3v) is 6.42. The van der Waals surface area contributed by atoms with Crippen LogP contribution in [-0.2, 0) is 14.8 Å². The number of ether oxygens (including phenoxy) is 1. The summed E-state index contributed by atoms with van der Waals surface area (Å²) < 4.78 is 30.2. The lowest BCUT2D eigenvalue weighted by Crippen LogP contribution is -2.56. The van der Waals surface area contributed by atoms with Crippen LogP contribution in [0.15, 0.2) is 4.99 Å². The number of rotatable bonds is 9. The molecule has 0 unspecified atom stereocenters. The van der Waals surface area contributed by atoms with Gasteiger partial charge in [-0.05, 0) is 27.2 Å². The summed E-state index contributed by atoms with van der Waals surface area (Å²) in [6.07, 6.45) is 0.725. The van der Waals surface area contributed by atoms with Gasteiger partial charge in [-0.3, -0.25) is 9.89 Å². The van der Waals surface area contributed by atoms with E-state index in [4.69, 9.17) is 4.74 Å². The smallest absolute Gasteiger partial charge is 0.213 e. The van der Waals surface area contributed by atoms with Gasteiger partial charge in [0.05, 0.1) is 19.0 Å². The predicted molar refractivity (Wildman–Crippen MR) is 103 cm³/mol. The summed E-state index contributed by atoms with van der Waals surface area (Å²) in [6.45, 7) is 11.5. The average Bonchev–Trinajstić information content (AvgIpc) is 2.61. The van der Waals surface area contributed by atoms with Gasteiger partial charge in [0.2, 0.25) is 10.0 Å². The quantitative estimate of drug-likeness (QED) is 0.332. The predicted octanol–water partition coefficient (Wildman–Crippen LogP) is -0.0662. The number of nitrogens with zero attached hydrogens (tertiary/aromatic N) is 3. The minimum absolute atomic E-state index is 0.0107. The van der Waals surface area contributed by atoms with Crippen molar-refractivity contribution in [3.05, 3.63) is 0 Å². The molecule has 148 valence electrons. The zero-order chi connectivity index (χ0) is 18.9. The van der Waals surface area contributed by atoms with Gasteiger partial charge in [-0.15, -0.1) is 0 Å². The highest BCUT2D eigenvalue weighted by Gasteiger charge is 2.28. The Bertz CT molecular complexity index is 516. The molecule has 1 aliphatic heterocycles. The van der Waals surface area contributed by atoms with Crippen molar-refractivity contribution in [2.45, 2.75) is 32.7 Å². The van der Waals surface area contributed by atoms with Crippen LogP contribution in [0.5, 0.6) is 0 Å². The Labute approximate surface area is 153 Å². The van der Waals surface area contributed by atoms with Crippen LogP contribution in [0.3, 0.4) is 0 Å². The first-order chi connectivity index (χ1) is 11.7. The maximum Gasteiger partial charge on any atom is 0.213 e. The fraction of sp³-hybridized carbons (Fsp3) is 0.938. The van der Waals surface area contributed by atoms with Gasteiger partial charge in [-0.25, -0.2) is 12.7 Å². The number of sulfonamides is 1. The van der Waals surface area contributed by atoms with E-state index in [2.05, 4.69) is 34.4 Å². The van der Waals surface area contributed by atoms with Crippen molar-refractivity contribution < 1.29 is 13.2 Å². The second-order valence-corrected chi connectivity index (χ2v) is 9.20. The number of hydrogen-bond acceptors (Lipinski definition) is 5. The first-order valence-electron chi connectivity index (χ1n) is 8.94. The molecular weight excluding hydrogens is 342 g/mol. The number of nitrogens with one attached hydrogen (secondary N) is 2. The van der Waals surface area contributed by atoms with Crippen LogP contribution in [0.1, 0.15) is 27.2 Å². The van der Waals surface area contributed by atoms with Gasteiger partial charge in [-0.2, -0.15) is 0 Å². The SMILES string of the molecule is CCS(=O)(=O)N(C)CCCNC(=NC)NCC(C)(C)N1CCOCC1. The minimum Gasteiger partial charge on any atom is -0.379 e. The standard InChI is InChI=1S/C16H35N5O3S/c1-6-25(22,23)20(5)9-7-8-18-15(17-4)19-14-16(2,3)21-10-12-24-13-11-21/h6-14H2,1-5H3,(H2,17,18,19). The van der Waals surface area contributed by atoms with E-state index in [9.17, 15) is 8.42 Å². The topological polar surface area (TPSA) is 86.3 Å². The van der Waals surface area contributed by atoms with Crippen LogP contribution >= 0.6 is 0 Å². The second kappa shape index (κ2) is 10.3. The zero-order valence-electron chi connectivity index (χ0n) is 16.3. The van der Waals surface area contributed by atoms with E-state index in [1.807, 2.05) is 0 Å². The van der Waals surface area contributed by atoms with Crippen molar-refractivity contribution in [1.29, 1.82) is 0 Å². The van der Waals surface area contributed by atoms with Crippen molar-refractivity contribution in [2.75, 3.05) is 65.8 Å². The molecule has 25 heavy (non-hydrogen) atoms. The van der Waals surface area contributed by atoms with Crippen molar-refractivity contribution in [3.63, 3.8) is 0 Å². The van der Waals surface area contributed by atoms with Crippen LogP contribution < -0.4 is 10.6 Å². The van der Waals surface area contributed by atoms with Crippen LogP contribution in [0.2, 0.25) is 0 Å². The highest BCUT2D eigenvalue weighted by molar-refractivity contribution is 7.89. The zero-order valence-corrected chi connectivity index (χ0v) is 17.2. The molecular formula is C16H35N5O3S. The Kier molecular flexibility index (Phi) is 9.12. The molecule has 0 saturated carbocycles. The van der Waals surface area contributed by atoms with Gasteiger partial charge in [0.25, 0.3) is 0 Å². The molecule has 0 aromatic carbocycles. The highest BCUT2D eigenvalue weighted by atomic mass is 32.2. The molecule has 9 heteroatoms. The van der Waals surface area contributed by atoms with Gasteiger partial charge in [0.15, 0.2) is 5.96 Å². The van der Waals surface area contributed by atoms with Gasteiger partial charge < -0.3 is 15.4 Å². The molecule has 0 amide bonds. The lowest BCUT2D eigenvalue weighted by Gasteiger charge is -2.41. The summed E-state index contributed by atoms with van der Waals surface area (Å²) in [5.41, 5.74) is 0.0107. The van der Waals surface area contributed by atoms with Crippen LogP contribution in [0.4, 0.5) is 0 Å². The molecule has 0 spiro atoms. The normalized spacial score (nSPS) is 17.8. The van der Waals surface area contributed by atoms with E-state index >= 15 is 0 Å². The molecule has 0 aromatic rings. The molecule has 8 nitrogen and oxygen atoms in total. The monoisotopic (exact) mass is 377 g/mol. The molecule has 0 aromatic heterocycles. The van der Waals surface area contributed by atoms with Crippen LogP contribution in [0.25, 0.3) is 0 Å². The van der Waals surface area contributed by atoms with Gasteiger partial charge in [-0.1, -0.05) is 0 Å². The van der Waals surface area contributed by atoms with Crippen molar-refractivity contribution >= 4 is 16.0 Å². The molecule has 1 saturated heterocycles. The Morgan fingerprint density at radius 1 is 1.28 bits per heavy atom. The molecule has 1 heterocycles. The molecule has 1 rings (SSSR count). The Morgan fingerprint density at radius 2 is 1.92 bits per heavy atom. The first-order valence-corrected chi connectivity index (χ1v) is 10.5. The second-order valence-electron chi connectivity index (χ2n) is 6.84. The number of aliphatic imine (C=N–C) groups is 1. The fourth-order valence-electron chi connectivity index (χ4n) is 2.67. The van der Waals surface area contributed by atoms with Crippen LogP contribution in [0, 0.1) is 0 Å². The van der Waals surface area contributed by atoms with Gasteiger partial charge in [0, 0.05) is 52.4 Å². The summed E-state index contributed by atoms with van der Waals surface area (Å²) in [5, 5.41) is 6.61. The van der Waals surface area contributed by atoms with E-state index in [0.29, 0.717) is 13.1 Å². The lowest BCUT2D eigenvalue weighted by atomic mass is 10.0. The van der Waals surface area contributed by atoms with Crippen molar-refractivity contribution in [2.24, 2.45) is 4.99 Å². The van der Waals surface area contributed by atoms with Gasteiger partial charge >= 0.3 is 0 Å². The highest BCUT2D eigenvalue weighted by Crippen LogP contribution is 2.14. The maximum atomic E-state index is 11.7. The molecule has 2 N–H and O–H groups in total. The Hall–Kier alpha value is -0.900. The molecule has 0 aliphatic carbocycles. The maximum absolute atomic E-state index is 11.7. The number of hydrogen-bond donors (Lipinski definition) is 2. The molecule has 1 fully saturated rings. The van der Waals surface area contributed by atoms with E-state index in [-0.39, 0.29) is 11.3 Å². The van der Waals surface area contributed by atoms with Crippen molar-refractivity contribution in [1.82, 2.24) is 19.8 Å². The van der Waals surface area contributed by atoms with E-state index < -0.39 is 10.0 Å². The van der Waals surface area contributed by atoms with E-state index in [1.54, 1.807) is 21.0 Å². The van der Waals surface area contributed by atoms with E-state index in [1.165, 1.54) is 4.31 Å². The molecule has 0 atom stereocenters. The first kappa shape index (κ1) is 22.1. The summed E-state index contributed by atoms with van der Waals surface area (Å²) in [4.78, 5) is 6.66. The summed E-state index contributed by atoms with van der Waals surface area (Å²) in [5.74, 6) is 0.874.